The number of hydrogen-bond acceptors (Lipinski definition) is 7. The zero-order valence-electron chi connectivity index (χ0n) is 34.9. The van der Waals surface area contributed by atoms with Crippen molar-refractivity contribution in [1.29, 1.82) is 0 Å². The second kappa shape index (κ2) is 16.3. The topological polar surface area (TPSA) is 77.3 Å². The molecule has 0 N–H and O–H groups in total. The zero-order valence-corrected chi connectivity index (χ0v) is 35.7. The molecule has 0 aliphatic heterocycles. The molecule has 0 fully saturated rings. The highest BCUT2D eigenvalue weighted by Gasteiger charge is 2.20. The van der Waals surface area contributed by atoms with Gasteiger partial charge in [0, 0.05) is 59.1 Å². The van der Waals surface area contributed by atoms with Gasteiger partial charge in [0.1, 0.15) is 0 Å². The minimum atomic E-state index is 0.625. The van der Waals surface area contributed by atoms with Crippen LogP contribution in [0.3, 0.4) is 0 Å². The van der Waals surface area contributed by atoms with Crippen LogP contribution in [0.2, 0.25) is 0 Å². The van der Waals surface area contributed by atoms with Gasteiger partial charge in [0.25, 0.3) is 0 Å². The zero-order chi connectivity index (χ0) is 43.1. The van der Waals surface area contributed by atoms with Gasteiger partial charge in [-0.25, -0.2) is 29.9 Å². The largest absolute Gasteiger partial charge is 0.208 e. The summed E-state index contributed by atoms with van der Waals surface area (Å²) in [5.41, 5.74) is 10.1. The monoisotopic (exact) mass is 848 g/mol. The van der Waals surface area contributed by atoms with E-state index in [2.05, 4.69) is 97.1 Å². The van der Waals surface area contributed by atoms with Gasteiger partial charge in [-0.2, -0.15) is 0 Å². The maximum Gasteiger partial charge on any atom is 0.164 e. The quantitative estimate of drug-likeness (QED) is 0.152. The Bertz CT molecular complexity index is 3590. The Hall–Kier alpha value is -8.52. The molecule has 3 heterocycles. The fraction of sp³-hybridized carbons (Fsp3) is 0. The Morgan fingerprint density at radius 2 is 0.600 bits per heavy atom. The number of nitrogens with zero attached hydrogens (tertiary/aromatic N) is 6. The van der Waals surface area contributed by atoms with Crippen LogP contribution in [0.25, 0.3) is 122 Å². The molecule has 65 heavy (non-hydrogen) atoms. The molecule has 0 atom stereocenters. The van der Waals surface area contributed by atoms with Crippen molar-refractivity contribution >= 4 is 42.3 Å². The van der Waals surface area contributed by atoms with Crippen LogP contribution in [0.15, 0.2) is 218 Å². The molecular weight excluding hydrogens is 813 g/mol. The summed E-state index contributed by atoms with van der Waals surface area (Å²) in [7, 11) is 0. The minimum Gasteiger partial charge on any atom is -0.208 e. The average Bonchev–Trinajstić information content (AvgIpc) is 3.80. The summed E-state index contributed by atoms with van der Waals surface area (Å²) in [4.78, 5) is 30.1. The molecule has 304 valence electrons. The van der Waals surface area contributed by atoms with Gasteiger partial charge in [0.05, 0.1) is 0 Å². The first kappa shape index (κ1) is 38.2. The van der Waals surface area contributed by atoms with Crippen molar-refractivity contribution in [2.24, 2.45) is 0 Å². The van der Waals surface area contributed by atoms with Crippen LogP contribution in [0.4, 0.5) is 0 Å². The van der Waals surface area contributed by atoms with Gasteiger partial charge in [-0.3, -0.25) is 0 Å². The standard InChI is InChI=1S/C58H36N6S/c1-5-18-37(19-6-1)53-59-54(38-20-7-2-8-21-38)62-57(61-53)44-29-15-27-41(34-44)47-32-17-33-48-50-46-31-14-13-26-43(46)36-49(52(50)65-51(47)48)42-28-16-30-45(35-42)58-63-55(39-22-9-3-10-23-39)60-56(64-58)40-24-11-4-12-25-40/h1-36H. The molecule has 9 aromatic carbocycles. The average molecular weight is 849 g/mol. The Labute approximate surface area is 379 Å². The van der Waals surface area contributed by atoms with Crippen molar-refractivity contribution in [3.8, 4) is 90.6 Å². The lowest BCUT2D eigenvalue weighted by Crippen LogP contribution is -2.00. The first-order valence-corrected chi connectivity index (χ1v) is 22.3. The lowest BCUT2D eigenvalue weighted by molar-refractivity contribution is 1.07. The highest BCUT2D eigenvalue weighted by molar-refractivity contribution is 7.27. The van der Waals surface area contributed by atoms with Crippen LogP contribution in [0.1, 0.15) is 0 Å². The predicted molar refractivity (Wildman–Crippen MR) is 267 cm³/mol. The molecule has 0 spiro atoms. The lowest BCUT2D eigenvalue weighted by atomic mass is 9.94. The first-order chi connectivity index (χ1) is 32.2. The number of fused-ring (bicyclic) bond motifs is 5. The van der Waals surface area contributed by atoms with E-state index in [1.54, 1.807) is 0 Å². The minimum absolute atomic E-state index is 0.625. The molecule has 3 aromatic heterocycles. The summed E-state index contributed by atoms with van der Waals surface area (Å²) < 4.78 is 2.44. The first-order valence-electron chi connectivity index (χ1n) is 21.5. The maximum absolute atomic E-state index is 5.06. The molecule has 0 radical (unpaired) electrons. The molecular formula is C58H36N6S. The van der Waals surface area contributed by atoms with Crippen LogP contribution < -0.4 is 0 Å². The molecule has 7 heteroatoms. The summed E-state index contributed by atoms with van der Waals surface area (Å²) in [6, 6.07) is 75.4. The van der Waals surface area contributed by atoms with E-state index < -0.39 is 0 Å². The Kier molecular flexibility index (Phi) is 9.58. The summed E-state index contributed by atoms with van der Waals surface area (Å²) in [6.45, 7) is 0. The molecule has 0 amide bonds. The van der Waals surface area contributed by atoms with Gasteiger partial charge in [-0.15, -0.1) is 11.3 Å². The van der Waals surface area contributed by atoms with Crippen molar-refractivity contribution in [2.75, 3.05) is 0 Å². The molecule has 0 aliphatic rings. The van der Waals surface area contributed by atoms with E-state index in [-0.39, 0.29) is 0 Å². The van der Waals surface area contributed by atoms with Gasteiger partial charge >= 0.3 is 0 Å². The molecule has 12 rings (SSSR count). The van der Waals surface area contributed by atoms with Gasteiger partial charge in [-0.1, -0.05) is 200 Å². The number of thiophene rings is 1. The van der Waals surface area contributed by atoms with E-state index >= 15 is 0 Å². The fourth-order valence-corrected chi connectivity index (χ4v) is 10.0. The third-order valence-corrected chi connectivity index (χ3v) is 13.0. The highest BCUT2D eigenvalue weighted by atomic mass is 32.1. The molecule has 6 nitrogen and oxygen atoms in total. The van der Waals surface area contributed by atoms with Gasteiger partial charge in [0.2, 0.25) is 0 Å². The van der Waals surface area contributed by atoms with E-state index in [0.29, 0.717) is 34.9 Å². The smallest absolute Gasteiger partial charge is 0.164 e. The Morgan fingerprint density at radius 1 is 0.246 bits per heavy atom. The van der Waals surface area contributed by atoms with Crippen molar-refractivity contribution in [1.82, 2.24) is 29.9 Å². The lowest BCUT2D eigenvalue weighted by Gasteiger charge is -2.11. The summed E-state index contributed by atoms with van der Waals surface area (Å²) in [5.74, 6) is 3.80. The molecule has 12 aromatic rings. The third-order valence-electron chi connectivity index (χ3n) is 11.8. The van der Waals surface area contributed by atoms with Crippen LogP contribution in [0.5, 0.6) is 0 Å². The maximum atomic E-state index is 5.06. The summed E-state index contributed by atoms with van der Waals surface area (Å²) in [5, 5.41) is 4.88. The van der Waals surface area contributed by atoms with Crippen molar-refractivity contribution in [3.63, 3.8) is 0 Å². The SMILES string of the molecule is c1ccc(-c2nc(-c3ccccc3)nc(-c3cccc(-c4cccc5c4sc4c(-c6cccc(-c7nc(-c8ccccc8)nc(-c8ccccc8)n7)c6)cc6ccccc6c45)c3)n2)cc1. The van der Waals surface area contributed by atoms with E-state index in [9.17, 15) is 0 Å². The summed E-state index contributed by atoms with van der Waals surface area (Å²) >= 11 is 1.84. The van der Waals surface area contributed by atoms with Gasteiger partial charge in [-0.05, 0) is 45.7 Å². The van der Waals surface area contributed by atoms with E-state index in [4.69, 9.17) is 29.9 Å². The normalized spacial score (nSPS) is 11.4. The highest BCUT2D eigenvalue weighted by Crippen LogP contribution is 2.47. The van der Waals surface area contributed by atoms with E-state index in [1.165, 1.54) is 30.9 Å². The molecule has 0 saturated carbocycles. The van der Waals surface area contributed by atoms with Gasteiger partial charge in [0.15, 0.2) is 34.9 Å². The van der Waals surface area contributed by atoms with Gasteiger partial charge < -0.3 is 0 Å². The summed E-state index contributed by atoms with van der Waals surface area (Å²) in [6.07, 6.45) is 0. The van der Waals surface area contributed by atoms with Crippen molar-refractivity contribution < 1.29 is 0 Å². The van der Waals surface area contributed by atoms with E-state index in [1.807, 2.05) is 133 Å². The fourth-order valence-electron chi connectivity index (χ4n) is 8.62. The second-order valence-corrected chi connectivity index (χ2v) is 16.9. The predicted octanol–water partition coefficient (Wildman–Crippen LogP) is 14.9. The third kappa shape index (κ3) is 7.20. The Morgan fingerprint density at radius 3 is 1.08 bits per heavy atom. The number of hydrogen-bond donors (Lipinski definition) is 0. The van der Waals surface area contributed by atoms with Crippen LogP contribution in [-0.4, -0.2) is 29.9 Å². The number of benzene rings is 9. The molecule has 0 bridgehead atoms. The van der Waals surface area contributed by atoms with Crippen LogP contribution in [-0.2, 0) is 0 Å². The van der Waals surface area contributed by atoms with Crippen LogP contribution >= 0.6 is 11.3 Å². The number of rotatable bonds is 8. The number of aromatic nitrogens is 6. The molecule has 0 aliphatic carbocycles. The van der Waals surface area contributed by atoms with Crippen molar-refractivity contribution in [2.45, 2.75) is 0 Å². The molecule has 0 saturated heterocycles. The molecule has 0 unspecified atom stereocenters. The second-order valence-electron chi connectivity index (χ2n) is 15.9. The van der Waals surface area contributed by atoms with Crippen molar-refractivity contribution in [3.05, 3.63) is 218 Å². The Balaban J connectivity index is 1.01. The van der Waals surface area contributed by atoms with Crippen LogP contribution in [0, 0.1) is 0 Å². The van der Waals surface area contributed by atoms with E-state index in [0.717, 1.165) is 55.6 Å².